The van der Waals surface area contributed by atoms with E-state index in [1.165, 1.54) is 18.2 Å². The van der Waals surface area contributed by atoms with E-state index in [2.05, 4.69) is 23.3 Å². The first-order valence-electron chi connectivity index (χ1n) is 14.1. The number of phenols is 1. The molecule has 6 N–H and O–H groups in total. The first-order valence-corrected chi connectivity index (χ1v) is 15.6. The molecule has 0 saturated heterocycles. The summed E-state index contributed by atoms with van der Waals surface area (Å²) in [5, 5.41) is 14.1. The van der Waals surface area contributed by atoms with Gasteiger partial charge in [0.1, 0.15) is 22.8 Å². The molecule has 0 unspecified atom stereocenters. The fraction of sp³-hybridized carbons (Fsp3) is 0.367. The van der Waals surface area contributed by atoms with Gasteiger partial charge in [0.15, 0.2) is 5.82 Å². The van der Waals surface area contributed by atoms with Crippen molar-refractivity contribution in [3.63, 3.8) is 0 Å². The molecule has 0 aliphatic carbocycles. The second-order valence-corrected chi connectivity index (χ2v) is 11.3. The highest BCUT2D eigenvalue weighted by Gasteiger charge is 2.21. The summed E-state index contributed by atoms with van der Waals surface area (Å²) in [6.07, 6.45) is 9.73. The third kappa shape index (κ3) is 8.46. The number of carbonyl (C=O) groups is 1. The number of aromatic nitrogens is 3. The zero-order chi connectivity index (χ0) is 31.0. The molecule has 43 heavy (non-hydrogen) atoms. The minimum atomic E-state index is -4.78. The minimum Gasteiger partial charge on any atom is -0.508 e. The number of aryl methyl sites for hydroxylation is 2. The first-order chi connectivity index (χ1) is 20.6. The van der Waals surface area contributed by atoms with Gasteiger partial charge in [0.2, 0.25) is 0 Å². The van der Waals surface area contributed by atoms with Crippen molar-refractivity contribution in [3.05, 3.63) is 53.3 Å². The van der Waals surface area contributed by atoms with E-state index in [1.54, 1.807) is 0 Å². The molecule has 0 bridgehead atoms. The van der Waals surface area contributed by atoms with Crippen LogP contribution >= 0.6 is 7.82 Å². The van der Waals surface area contributed by atoms with E-state index < -0.39 is 13.7 Å². The van der Waals surface area contributed by atoms with Crippen LogP contribution in [0.2, 0.25) is 0 Å². The molecular weight excluding hydrogens is 573 g/mol. The lowest BCUT2D eigenvalue weighted by atomic mass is 10.1. The maximum absolute atomic E-state index is 11.4. The highest BCUT2D eigenvalue weighted by Crippen LogP contribution is 2.39. The first kappa shape index (κ1) is 31.8. The fourth-order valence-electron chi connectivity index (χ4n) is 4.82. The van der Waals surface area contributed by atoms with Crippen LogP contribution in [-0.2, 0) is 33.5 Å². The molecule has 13 heteroatoms. The second-order valence-electron chi connectivity index (χ2n) is 10.1. The number of aromatic hydroxyl groups is 1. The van der Waals surface area contributed by atoms with Crippen molar-refractivity contribution in [2.75, 3.05) is 25.5 Å². The lowest BCUT2D eigenvalue weighted by Crippen LogP contribution is -2.23. The van der Waals surface area contributed by atoms with Gasteiger partial charge in [-0.1, -0.05) is 19.4 Å². The smallest absolute Gasteiger partial charge is 0.508 e. The quantitative estimate of drug-likeness (QED) is 0.0755. The number of hydrogen-bond donors (Lipinski definition) is 5. The number of fused-ring (bicyclic) bond motifs is 3. The number of anilines is 1. The molecule has 12 nitrogen and oxygen atoms in total. The molecule has 228 valence electrons. The molecular formula is C30H36N5O7P. The summed E-state index contributed by atoms with van der Waals surface area (Å²) in [5.74, 6) is 2.52. The number of nitrogens with two attached hydrogens (primary N) is 1. The Morgan fingerprint density at radius 2 is 1.91 bits per heavy atom. The van der Waals surface area contributed by atoms with E-state index >= 15 is 0 Å². The van der Waals surface area contributed by atoms with Crippen LogP contribution in [0, 0.1) is 12.3 Å². The number of phenolic OH excluding ortho intramolecular Hbond substituents is 1. The van der Waals surface area contributed by atoms with Crippen molar-refractivity contribution in [1.29, 1.82) is 0 Å². The predicted molar refractivity (Wildman–Crippen MR) is 164 cm³/mol. The number of nitrogens with one attached hydrogen (secondary N) is 1. The lowest BCUT2D eigenvalue weighted by molar-refractivity contribution is -0.115. The number of unbranched alkanes of at least 4 members (excludes halogenated alkanes) is 1. The Morgan fingerprint density at radius 3 is 2.65 bits per heavy atom. The molecule has 0 aliphatic heterocycles. The third-order valence-electron chi connectivity index (χ3n) is 6.84. The monoisotopic (exact) mass is 609 g/mol. The number of terminal acetylenes is 1. The number of phosphoric acid groups is 1. The molecule has 2 heterocycles. The van der Waals surface area contributed by atoms with Crippen molar-refractivity contribution < 1.29 is 33.5 Å². The zero-order valence-corrected chi connectivity index (χ0v) is 24.8. The maximum atomic E-state index is 11.4. The highest BCUT2D eigenvalue weighted by molar-refractivity contribution is 7.46. The summed E-state index contributed by atoms with van der Waals surface area (Å²) < 4.78 is 23.8. The number of benzene rings is 2. The van der Waals surface area contributed by atoms with E-state index in [0.29, 0.717) is 55.0 Å². The van der Waals surface area contributed by atoms with Crippen LogP contribution in [0.5, 0.6) is 11.5 Å². The number of ether oxygens (including phenoxy) is 1. The average Bonchev–Trinajstić information content (AvgIpc) is 3.33. The summed E-state index contributed by atoms with van der Waals surface area (Å²) in [4.78, 5) is 39.0. The summed E-state index contributed by atoms with van der Waals surface area (Å²) in [6.45, 7) is 3.78. The largest absolute Gasteiger partial charge is 0.524 e. The van der Waals surface area contributed by atoms with Gasteiger partial charge < -0.3 is 30.0 Å². The maximum Gasteiger partial charge on any atom is 0.524 e. The molecule has 4 rings (SSSR count). The van der Waals surface area contributed by atoms with Crippen LogP contribution in [0.1, 0.15) is 49.6 Å². The van der Waals surface area contributed by atoms with Crippen molar-refractivity contribution in [2.24, 2.45) is 0 Å². The van der Waals surface area contributed by atoms with Crippen molar-refractivity contribution in [3.8, 4) is 23.8 Å². The summed E-state index contributed by atoms with van der Waals surface area (Å²) in [6, 6.07) is 10.0. The molecule has 2 aromatic carbocycles. The molecule has 0 aliphatic rings. The topological polar surface area (TPSA) is 182 Å². The number of nitrogens with zero attached hydrogens (tertiary/aromatic N) is 3. The van der Waals surface area contributed by atoms with Crippen LogP contribution in [0.4, 0.5) is 5.82 Å². The Balaban J connectivity index is 1.61. The van der Waals surface area contributed by atoms with Crippen molar-refractivity contribution in [1.82, 2.24) is 19.9 Å². The van der Waals surface area contributed by atoms with Gasteiger partial charge in [-0.2, -0.15) is 0 Å². The summed E-state index contributed by atoms with van der Waals surface area (Å²) in [5.41, 5.74) is 9.86. The van der Waals surface area contributed by atoms with Gasteiger partial charge in [-0.05, 0) is 67.5 Å². The van der Waals surface area contributed by atoms with Crippen molar-refractivity contribution >= 4 is 41.5 Å². The number of carbonyl (C=O) groups excluding carboxylic acids is 1. The molecule has 0 saturated carbocycles. The van der Waals surface area contributed by atoms with Gasteiger partial charge in [0.05, 0.1) is 17.6 Å². The zero-order valence-electron chi connectivity index (χ0n) is 24.0. The van der Waals surface area contributed by atoms with Crippen LogP contribution in [-0.4, -0.2) is 55.1 Å². The summed E-state index contributed by atoms with van der Waals surface area (Å²) >= 11 is 0. The Morgan fingerprint density at radius 1 is 1.12 bits per heavy atom. The Labute approximate surface area is 249 Å². The predicted octanol–water partition coefficient (Wildman–Crippen LogP) is 3.82. The van der Waals surface area contributed by atoms with Gasteiger partial charge in [0, 0.05) is 37.1 Å². The molecule has 0 atom stereocenters. The van der Waals surface area contributed by atoms with E-state index in [0.717, 1.165) is 48.0 Å². The molecule has 0 radical (unpaired) electrons. The van der Waals surface area contributed by atoms with Crippen molar-refractivity contribution in [2.45, 2.75) is 52.0 Å². The number of rotatable bonds is 15. The summed E-state index contributed by atoms with van der Waals surface area (Å²) in [7, 11) is -4.78. The van der Waals surface area contributed by atoms with E-state index in [9.17, 15) is 24.3 Å². The molecule has 0 fully saturated rings. The highest BCUT2D eigenvalue weighted by atomic mass is 31.2. The van der Waals surface area contributed by atoms with E-state index in [4.69, 9.17) is 26.4 Å². The molecule has 4 aromatic rings. The SMILES string of the molecule is C#CC(=O)NCCCOCCCc1ccc2nc(N)c3nc(CCCC)n(Cc4cc(OP(=O)(O)O)ccc4O)c3c2c1. The van der Waals surface area contributed by atoms with Gasteiger partial charge in [-0.25, -0.2) is 14.5 Å². The third-order valence-corrected chi connectivity index (χ3v) is 7.29. The fourth-order valence-corrected chi connectivity index (χ4v) is 5.20. The number of phosphoric ester groups is 1. The normalized spacial score (nSPS) is 11.6. The van der Waals surface area contributed by atoms with Crippen LogP contribution in [0.3, 0.4) is 0 Å². The minimum absolute atomic E-state index is 0.0493. The van der Waals surface area contributed by atoms with Gasteiger partial charge in [0.25, 0.3) is 5.91 Å². The lowest BCUT2D eigenvalue weighted by Gasteiger charge is -2.14. The molecule has 2 aromatic heterocycles. The average molecular weight is 610 g/mol. The van der Waals surface area contributed by atoms with Crippen LogP contribution in [0.15, 0.2) is 36.4 Å². The number of pyridine rings is 1. The molecule has 0 spiro atoms. The Hall–Kier alpha value is -4.14. The molecule has 1 amide bonds. The number of imidazole rings is 1. The van der Waals surface area contributed by atoms with E-state index in [1.807, 2.05) is 22.6 Å². The van der Waals surface area contributed by atoms with Gasteiger partial charge >= 0.3 is 7.82 Å². The number of amides is 1. The standard InChI is InChI=1S/C30H36N5O7P/c1-3-5-9-26-34-28-29(35(26)19-21-18-22(11-13-25(21)36)42-43(38,39)40)23-17-20(10-12-24(23)33-30(28)31)8-6-15-41-16-7-14-32-27(37)4-2/h2,10-13,17-18,36H,3,5-9,14-16,19H2,1H3,(H2,31,33)(H,32,37)(H2,38,39,40). The van der Waals surface area contributed by atoms with Crippen LogP contribution < -0.4 is 15.6 Å². The van der Waals surface area contributed by atoms with Crippen LogP contribution in [0.25, 0.3) is 21.9 Å². The van der Waals surface area contributed by atoms with E-state index in [-0.39, 0.29) is 18.0 Å². The number of nitrogen functional groups attached to an aromatic ring is 1. The van der Waals surface area contributed by atoms with Gasteiger partial charge in [-0.3, -0.25) is 14.6 Å². The second kappa shape index (κ2) is 14.4. The van der Waals surface area contributed by atoms with Gasteiger partial charge in [-0.15, -0.1) is 6.42 Å². The Kier molecular flexibility index (Phi) is 10.6. The number of hydrogen-bond acceptors (Lipinski definition) is 8. The Bertz CT molecular complexity index is 1690.